The molecule has 0 aliphatic carbocycles. The second-order valence-corrected chi connectivity index (χ2v) is 6.88. The lowest BCUT2D eigenvalue weighted by Crippen LogP contribution is -2.29. The average molecular weight is 386 g/mol. The van der Waals surface area contributed by atoms with Crippen molar-refractivity contribution in [3.63, 3.8) is 0 Å². The Hall–Kier alpha value is -2.86. The lowest BCUT2D eigenvalue weighted by atomic mass is 10.1. The van der Waals surface area contributed by atoms with Crippen molar-refractivity contribution < 1.29 is 14.4 Å². The van der Waals surface area contributed by atoms with E-state index in [2.05, 4.69) is 10.6 Å². The largest absolute Gasteiger partial charge is 0.318 e. The summed E-state index contributed by atoms with van der Waals surface area (Å²) in [6, 6.07) is 10.3. The SMILES string of the molecule is Cc1cc(NC(=O)C(=O)Nc2cccc(Cl)c2C)ccc1N1CCCC1=O. The first kappa shape index (κ1) is 18.9. The third-order valence-corrected chi connectivity index (χ3v) is 4.95. The number of hydrogen-bond donors (Lipinski definition) is 2. The molecule has 0 saturated carbocycles. The van der Waals surface area contributed by atoms with Gasteiger partial charge < -0.3 is 15.5 Å². The molecule has 7 heteroatoms. The Kier molecular flexibility index (Phi) is 5.46. The van der Waals surface area contributed by atoms with Crippen LogP contribution in [0.15, 0.2) is 36.4 Å². The Labute approximate surface area is 162 Å². The van der Waals surface area contributed by atoms with Gasteiger partial charge in [0.15, 0.2) is 0 Å². The van der Waals surface area contributed by atoms with Gasteiger partial charge in [-0.05, 0) is 61.7 Å². The number of benzene rings is 2. The van der Waals surface area contributed by atoms with Gasteiger partial charge in [-0.15, -0.1) is 0 Å². The minimum Gasteiger partial charge on any atom is -0.318 e. The van der Waals surface area contributed by atoms with E-state index in [1.165, 1.54) is 0 Å². The molecule has 0 unspecified atom stereocenters. The van der Waals surface area contributed by atoms with Crippen LogP contribution in [0.4, 0.5) is 17.1 Å². The number of amides is 3. The molecule has 1 heterocycles. The molecule has 6 nitrogen and oxygen atoms in total. The molecule has 0 atom stereocenters. The Bertz CT molecular complexity index is 927. The molecule has 1 fully saturated rings. The van der Waals surface area contributed by atoms with Crippen LogP contribution in [0.3, 0.4) is 0 Å². The molecule has 0 bridgehead atoms. The number of carbonyl (C=O) groups is 3. The van der Waals surface area contributed by atoms with E-state index in [4.69, 9.17) is 11.6 Å². The van der Waals surface area contributed by atoms with Gasteiger partial charge in [-0.1, -0.05) is 17.7 Å². The minimum absolute atomic E-state index is 0.103. The van der Waals surface area contributed by atoms with E-state index in [0.29, 0.717) is 34.9 Å². The summed E-state index contributed by atoms with van der Waals surface area (Å²) >= 11 is 6.02. The Morgan fingerprint density at radius 2 is 1.81 bits per heavy atom. The van der Waals surface area contributed by atoms with Crippen molar-refractivity contribution >= 4 is 46.4 Å². The molecule has 3 rings (SSSR count). The lowest BCUT2D eigenvalue weighted by Gasteiger charge is -2.19. The van der Waals surface area contributed by atoms with Crippen LogP contribution in [0.1, 0.15) is 24.0 Å². The highest BCUT2D eigenvalue weighted by Crippen LogP contribution is 2.27. The maximum atomic E-state index is 12.2. The van der Waals surface area contributed by atoms with Crippen molar-refractivity contribution in [2.24, 2.45) is 0 Å². The van der Waals surface area contributed by atoms with Crippen LogP contribution in [-0.4, -0.2) is 24.3 Å². The summed E-state index contributed by atoms with van der Waals surface area (Å²) < 4.78 is 0. The highest BCUT2D eigenvalue weighted by atomic mass is 35.5. The number of anilines is 3. The summed E-state index contributed by atoms with van der Waals surface area (Å²) in [4.78, 5) is 38.0. The van der Waals surface area contributed by atoms with Crippen molar-refractivity contribution in [2.75, 3.05) is 22.1 Å². The molecule has 1 aliphatic rings. The third-order valence-electron chi connectivity index (χ3n) is 4.54. The zero-order chi connectivity index (χ0) is 19.6. The van der Waals surface area contributed by atoms with E-state index in [9.17, 15) is 14.4 Å². The van der Waals surface area contributed by atoms with Gasteiger partial charge in [-0.25, -0.2) is 0 Å². The van der Waals surface area contributed by atoms with Crippen molar-refractivity contribution in [3.8, 4) is 0 Å². The van der Waals surface area contributed by atoms with Crippen LogP contribution >= 0.6 is 11.6 Å². The molecule has 1 aliphatic heterocycles. The van der Waals surface area contributed by atoms with E-state index < -0.39 is 11.8 Å². The van der Waals surface area contributed by atoms with Gasteiger partial charge >= 0.3 is 11.8 Å². The molecule has 2 aromatic rings. The van der Waals surface area contributed by atoms with Gasteiger partial charge in [0.1, 0.15) is 0 Å². The normalized spacial score (nSPS) is 13.6. The average Bonchev–Trinajstić information content (AvgIpc) is 3.05. The summed E-state index contributed by atoms with van der Waals surface area (Å²) in [7, 11) is 0. The molecule has 3 amide bonds. The third kappa shape index (κ3) is 4.11. The van der Waals surface area contributed by atoms with E-state index >= 15 is 0 Å². The highest BCUT2D eigenvalue weighted by Gasteiger charge is 2.23. The highest BCUT2D eigenvalue weighted by molar-refractivity contribution is 6.44. The van der Waals surface area contributed by atoms with Gasteiger partial charge in [0.2, 0.25) is 5.91 Å². The molecular formula is C20H20ClN3O3. The second-order valence-electron chi connectivity index (χ2n) is 6.47. The molecule has 2 N–H and O–H groups in total. The van der Waals surface area contributed by atoms with Crippen LogP contribution < -0.4 is 15.5 Å². The van der Waals surface area contributed by atoms with E-state index in [1.807, 2.05) is 6.92 Å². The van der Waals surface area contributed by atoms with Gasteiger partial charge in [0.05, 0.1) is 0 Å². The first-order valence-corrected chi connectivity index (χ1v) is 9.03. The van der Waals surface area contributed by atoms with E-state index in [0.717, 1.165) is 17.7 Å². The number of rotatable bonds is 3. The van der Waals surface area contributed by atoms with Crippen LogP contribution in [0.25, 0.3) is 0 Å². The minimum atomic E-state index is -0.781. The molecule has 27 heavy (non-hydrogen) atoms. The number of nitrogens with zero attached hydrogens (tertiary/aromatic N) is 1. The van der Waals surface area contributed by atoms with Gasteiger partial charge in [-0.2, -0.15) is 0 Å². The number of halogens is 1. The van der Waals surface area contributed by atoms with Gasteiger partial charge in [0.25, 0.3) is 0 Å². The monoisotopic (exact) mass is 385 g/mol. The number of hydrogen-bond acceptors (Lipinski definition) is 3. The summed E-state index contributed by atoms with van der Waals surface area (Å²) in [6.45, 7) is 4.33. The first-order valence-electron chi connectivity index (χ1n) is 8.65. The quantitative estimate of drug-likeness (QED) is 0.791. The topological polar surface area (TPSA) is 78.5 Å². The zero-order valence-corrected chi connectivity index (χ0v) is 15.9. The maximum absolute atomic E-state index is 12.2. The number of carbonyl (C=O) groups excluding carboxylic acids is 3. The van der Waals surface area contributed by atoms with Crippen LogP contribution in [0.5, 0.6) is 0 Å². The van der Waals surface area contributed by atoms with Crippen molar-refractivity contribution in [3.05, 3.63) is 52.5 Å². The molecule has 1 saturated heterocycles. The predicted molar refractivity (Wildman–Crippen MR) is 106 cm³/mol. The second kappa shape index (κ2) is 7.80. The Morgan fingerprint density at radius 1 is 1.07 bits per heavy atom. The number of nitrogens with one attached hydrogen (secondary N) is 2. The Balaban J connectivity index is 1.68. The van der Waals surface area contributed by atoms with Crippen molar-refractivity contribution in [1.82, 2.24) is 0 Å². The fraction of sp³-hybridized carbons (Fsp3) is 0.250. The van der Waals surface area contributed by atoms with Crippen LogP contribution in [-0.2, 0) is 14.4 Å². The first-order chi connectivity index (χ1) is 12.9. The molecule has 0 aromatic heterocycles. The van der Waals surface area contributed by atoms with Gasteiger partial charge in [-0.3, -0.25) is 14.4 Å². The van der Waals surface area contributed by atoms with E-state index in [-0.39, 0.29) is 5.91 Å². The predicted octanol–water partition coefficient (Wildman–Crippen LogP) is 3.66. The summed E-state index contributed by atoms with van der Waals surface area (Å²) in [5.74, 6) is -1.46. The molecule has 140 valence electrons. The zero-order valence-electron chi connectivity index (χ0n) is 15.1. The molecule has 2 aromatic carbocycles. The van der Waals surface area contributed by atoms with Crippen molar-refractivity contribution in [1.29, 1.82) is 0 Å². The number of aryl methyl sites for hydroxylation is 1. The molecular weight excluding hydrogens is 366 g/mol. The standard InChI is InChI=1S/C20H20ClN3O3/c1-12-11-14(8-9-17(12)24-10-4-7-18(24)25)22-19(26)20(27)23-16-6-3-5-15(21)13(16)2/h3,5-6,8-9,11H,4,7,10H2,1-2H3,(H,22,26)(H,23,27). The van der Waals surface area contributed by atoms with Crippen molar-refractivity contribution in [2.45, 2.75) is 26.7 Å². The van der Waals surface area contributed by atoms with Crippen LogP contribution in [0.2, 0.25) is 5.02 Å². The summed E-state index contributed by atoms with van der Waals surface area (Å²) in [6.07, 6.45) is 1.40. The lowest BCUT2D eigenvalue weighted by molar-refractivity contribution is -0.133. The fourth-order valence-electron chi connectivity index (χ4n) is 3.05. The van der Waals surface area contributed by atoms with E-state index in [1.54, 1.807) is 48.2 Å². The molecule has 0 radical (unpaired) electrons. The molecule has 0 spiro atoms. The van der Waals surface area contributed by atoms with Gasteiger partial charge in [0, 0.05) is 35.1 Å². The maximum Gasteiger partial charge on any atom is 0.314 e. The fourth-order valence-corrected chi connectivity index (χ4v) is 3.22. The smallest absolute Gasteiger partial charge is 0.314 e. The summed E-state index contributed by atoms with van der Waals surface area (Å²) in [5, 5.41) is 5.65. The Morgan fingerprint density at radius 3 is 2.48 bits per heavy atom. The summed E-state index contributed by atoms with van der Waals surface area (Å²) in [5.41, 5.74) is 3.35. The van der Waals surface area contributed by atoms with Crippen LogP contribution in [0, 0.1) is 13.8 Å².